The van der Waals surface area contributed by atoms with Gasteiger partial charge in [0.05, 0.1) is 22.9 Å². The molecule has 1 amide bonds. The van der Waals surface area contributed by atoms with Gasteiger partial charge in [-0.1, -0.05) is 9.39 Å². The molecule has 1 aliphatic rings. The van der Waals surface area contributed by atoms with Crippen LogP contribution < -0.4 is 8.62 Å². The van der Waals surface area contributed by atoms with Crippen LogP contribution in [0.4, 0.5) is 0 Å². The molecule has 0 aromatic carbocycles. The molecular weight excluding hydrogens is 262 g/mol. The normalized spacial score (nSPS) is 31.0. The molecule has 10 heavy (non-hydrogen) atoms. The highest BCUT2D eigenvalue weighted by Gasteiger charge is 2.32. The van der Waals surface area contributed by atoms with E-state index in [9.17, 15) is 4.79 Å². The minimum Gasteiger partial charge on any atom is -0.299 e. The molecule has 0 bridgehead atoms. The zero-order chi connectivity index (χ0) is 7.56. The second kappa shape index (κ2) is 3.83. The largest absolute Gasteiger partial charge is 0.299 e. The van der Waals surface area contributed by atoms with E-state index >= 15 is 0 Å². The predicted molar refractivity (Wildman–Crippen MR) is 51.5 cm³/mol. The molecule has 0 radical (unpaired) electrons. The highest BCUT2D eigenvalue weighted by Crippen LogP contribution is 2.28. The number of halogens is 1. The molecule has 0 saturated heterocycles. The lowest BCUT2D eigenvalue weighted by molar-refractivity contribution is -0.125. The monoisotopic (exact) mass is 272 g/mol. The van der Waals surface area contributed by atoms with Crippen LogP contribution in [-0.2, 0) is 4.79 Å². The third-order valence-electron chi connectivity index (χ3n) is 1.84. The number of rotatable bonds is 2. The summed E-state index contributed by atoms with van der Waals surface area (Å²) >= 11 is 1.88. The van der Waals surface area contributed by atoms with E-state index in [0.29, 0.717) is 6.04 Å². The Bertz CT molecular complexity index is 138. The van der Waals surface area contributed by atoms with Gasteiger partial charge in [-0.05, 0) is 12.8 Å². The molecule has 1 saturated carbocycles. The molecule has 2 N–H and O–H groups in total. The molecule has 1 rings (SSSR count). The van der Waals surface area contributed by atoms with E-state index in [2.05, 4.69) is 18.0 Å². The smallest absolute Gasteiger partial charge is 0.231 e. The van der Waals surface area contributed by atoms with Crippen LogP contribution in [0.2, 0.25) is 0 Å². The van der Waals surface area contributed by atoms with Crippen molar-refractivity contribution in [3.05, 3.63) is 0 Å². The van der Waals surface area contributed by atoms with Crippen LogP contribution in [0, 0.1) is 5.92 Å². The Balaban J connectivity index is 2.19. The first-order chi connectivity index (χ1) is 4.77. The lowest BCUT2D eigenvalue weighted by Gasteiger charge is -2.32. The summed E-state index contributed by atoms with van der Waals surface area (Å²) in [5.41, 5.74) is 0. The Morgan fingerprint density at radius 3 is 2.60 bits per heavy atom. The fourth-order valence-corrected chi connectivity index (χ4v) is 1.76. The van der Waals surface area contributed by atoms with Gasteiger partial charge >= 0.3 is 0 Å². The average Bonchev–Trinajstić information content (AvgIpc) is 1.85. The van der Waals surface area contributed by atoms with E-state index in [1.54, 1.807) is 0 Å². The molecule has 0 heterocycles. The van der Waals surface area contributed by atoms with Crippen molar-refractivity contribution in [1.82, 2.24) is 8.62 Å². The van der Waals surface area contributed by atoms with Crippen molar-refractivity contribution in [2.75, 3.05) is 0 Å². The average molecular weight is 272 g/mol. The maximum Gasteiger partial charge on any atom is 0.231 e. The van der Waals surface area contributed by atoms with Gasteiger partial charge in [0.1, 0.15) is 0 Å². The lowest BCUT2D eigenvalue weighted by Crippen LogP contribution is -2.42. The van der Waals surface area contributed by atoms with E-state index < -0.39 is 0 Å². The van der Waals surface area contributed by atoms with Gasteiger partial charge in [0, 0.05) is 12.0 Å². The van der Waals surface area contributed by atoms with Gasteiger partial charge in [0.25, 0.3) is 0 Å². The van der Waals surface area contributed by atoms with Gasteiger partial charge in [0.2, 0.25) is 5.91 Å². The third kappa shape index (κ3) is 1.80. The highest BCUT2D eigenvalue weighted by atomic mass is 127. The third-order valence-corrected chi connectivity index (χ3v) is 2.84. The molecule has 1 fully saturated rings. The minimum absolute atomic E-state index is 0.164. The molecule has 0 spiro atoms. The summed E-state index contributed by atoms with van der Waals surface area (Å²) in [6.45, 7) is 0. The van der Waals surface area contributed by atoms with Crippen molar-refractivity contribution in [3.63, 3.8) is 0 Å². The van der Waals surface area contributed by atoms with Crippen molar-refractivity contribution in [2.45, 2.75) is 18.9 Å². The molecule has 0 aromatic heterocycles. The summed E-state index contributed by atoms with van der Waals surface area (Å²) in [7, 11) is 2.47. The first kappa shape index (κ1) is 8.68. The van der Waals surface area contributed by atoms with E-state index in [4.69, 9.17) is 0 Å². The second-order valence-corrected chi connectivity index (χ2v) is 3.36. The summed E-state index contributed by atoms with van der Waals surface area (Å²) in [5, 5.41) is 3.04. The molecule has 5 heteroatoms. The van der Waals surface area contributed by atoms with Crippen molar-refractivity contribution in [2.24, 2.45) is 5.92 Å². The summed E-state index contributed by atoms with van der Waals surface area (Å²) in [5.74, 6) is 0.409. The fourth-order valence-electron chi connectivity index (χ4n) is 1.05. The molecule has 1 unspecified atom stereocenters. The van der Waals surface area contributed by atoms with E-state index in [1.165, 1.54) is 0 Å². The molecular formula is C5H10IN2OP. The van der Waals surface area contributed by atoms with Crippen molar-refractivity contribution < 1.29 is 4.79 Å². The van der Waals surface area contributed by atoms with Gasteiger partial charge in [0.15, 0.2) is 0 Å². The van der Waals surface area contributed by atoms with Crippen LogP contribution in [0.5, 0.6) is 0 Å². The number of carbonyl (C=O) groups excluding carboxylic acids is 1. The van der Waals surface area contributed by atoms with Gasteiger partial charge in [-0.25, -0.2) is 0 Å². The maximum absolute atomic E-state index is 10.9. The van der Waals surface area contributed by atoms with Gasteiger partial charge in [-0.3, -0.25) is 13.4 Å². The number of carbonyl (C=O) groups is 1. The second-order valence-electron chi connectivity index (χ2n) is 2.49. The van der Waals surface area contributed by atoms with E-state index in [1.807, 2.05) is 22.9 Å². The van der Waals surface area contributed by atoms with Crippen LogP contribution in [0.1, 0.15) is 12.8 Å². The highest BCUT2D eigenvalue weighted by molar-refractivity contribution is 14.1. The quantitative estimate of drug-likeness (QED) is 0.439. The topological polar surface area (TPSA) is 41.1 Å². The summed E-state index contributed by atoms with van der Waals surface area (Å²) < 4.78 is 2.61. The molecule has 1 atom stereocenters. The van der Waals surface area contributed by atoms with Crippen molar-refractivity contribution in [1.29, 1.82) is 0 Å². The van der Waals surface area contributed by atoms with Crippen LogP contribution in [-0.4, -0.2) is 11.9 Å². The van der Waals surface area contributed by atoms with Crippen molar-refractivity contribution in [3.8, 4) is 0 Å². The Labute approximate surface area is 76.5 Å². The van der Waals surface area contributed by atoms with E-state index in [-0.39, 0.29) is 11.8 Å². The predicted octanol–water partition coefficient (Wildman–Crippen LogP) is 0.611. The Hall–Kier alpha value is 0.590. The van der Waals surface area contributed by atoms with Gasteiger partial charge in [-0.2, -0.15) is 0 Å². The number of amides is 1. The zero-order valence-electron chi connectivity index (χ0n) is 5.43. The summed E-state index contributed by atoms with van der Waals surface area (Å²) in [6.07, 6.45) is 1.94. The maximum atomic E-state index is 10.9. The molecule has 3 nitrogen and oxygen atoms in total. The Morgan fingerprint density at radius 2 is 2.20 bits per heavy atom. The summed E-state index contributed by atoms with van der Waals surface area (Å²) in [4.78, 5) is 10.9. The fraction of sp³-hybridized carbons (Fsp3) is 0.800. The molecule has 58 valence electrons. The first-order valence-corrected chi connectivity index (χ1v) is 4.80. The first-order valence-electron chi connectivity index (χ1n) is 3.14. The molecule has 0 aliphatic heterocycles. The summed E-state index contributed by atoms with van der Waals surface area (Å²) in [6, 6.07) is 0.531. The van der Waals surface area contributed by atoms with Crippen LogP contribution in [0.15, 0.2) is 0 Å². The van der Waals surface area contributed by atoms with Gasteiger partial charge in [-0.15, -0.1) is 0 Å². The van der Waals surface area contributed by atoms with Crippen LogP contribution >= 0.6 is 32.3 Å². The zero-order valence-corrected chi connectivity index (χ0v) is 8.74. The lowest BCUT2D eigenvalue weighted by atomic mass is 9.80. The van der Waals surface area contributed by atoms with Crippen LogP contribution in [0.3, 0.4) is 0 Å². The Morgan fingerprint density at radius 1 is 1.60 bits per heavy atom. The van der Waals surface area contributed by atoms with Crippen molar-refractivity contribution >= 4 is 38.2 Å². The minimum atomic E-state index is 0.164. The number of nitrogens with one attached hydrogen (secondary N) is 2. The van der Waals surface area contributed by atoms with Crippen LogP contribution in [0.25, 0.3) is 0 Å². The standard InChI is InChI=1S/C5H10IN2OP/c6-7-5(9)3-1-4(2-3)8-10/h3-4,8H,1-2,10H2,(H,7,9). The molecule has 1 aliphatic carbocycles. The number of hydrogen-bond donors (Lipinski definition) is 2. The molecule has 0 aromatic rings. The van der Waals surface area contributed by atoms with Gasteiger partial charge < -0.3 is 0 Å². The Kier molecular flexibility index (Phi) is 3.33. The number of hydrogen-bond acceptors (Lipinski definition) is 2. The SMILES string of the molecule is O=C(NI)C1CC(NP)C1. The van der Waals surface area contributed by atoms with E-state index in [0.717, 1.165) is 12.8 Å².